The summed E-state index contributed by atoms with van der Waals surface area (Å²) in [6, 6.07) is 24.8. The molecule has 40 heavy (non-hydrogen) atoms. The van der Waals surface area contributed by atoms with Gasteiger partial charge in [-0.3, -0.25) is 9.59 Å². The van der Waals surface area contributed by atoms with Crippen LogP contribution in [0.15, 0.2) is 91.1 Å². The first-order chi connectivity index (χ1) is 19.1. The third kappa shape index (κ3) is 4.07. The van der Waals surface area contributed by atoms with Crippen LogP contribution in [0.3, 0.4) is 0 Å². The minimum absolute atomic E-state index is 0.174. The minimum atomic E-state index is -6.26. The summed E-state index contributed by atoms with van der Waals surface area (Å²) in [5.74, 6) is -2.64. The molecule has 7 nitrogen and oxygen atoms in total. The van der Waals surface area contributed by atoms with Gasteiger partial charge in [-0.1, -0.05) is 72.8 Å². The van der Waals surface area contributed by atoms with Crippen molar-refractivity contribution in [3.8, 4) is 5.69 Å². The first-order valence-corrected chi connectivity index (χ1v) is 13.3. The van der Waals surface area contributed by atoms with E-state index in [-0.39, 0.29) is 21.6 Å². The summed E-state index contributed by atoms with van der Waals surface area (Å²) in [4.78, 5) is 26.1. The number of aromatic nitrogens is 1. The van der Waals surface area contributed by atoms with Gasteiger partial charge in [-0.15, -0.1) is 9.35 Å². The molecule has 2 heterocycles. The Morgan fingerprint density at radius 2 is 1.38 bits per heavy atom. The second kappa shape index (κ2) is 9.18. The van der Waals surface area contributed by atoms with Crippen molar-refractivity contribution in [3.63, 3.8) is 0 Å². The summed E-state index contributed by atoms with van der Waals surface area (Å²) < 4.78 is 67.8. The normalized spacial score (nSPS) is 14.1. The van der Waals surface area contributed by atoms with Crippen molar-refractivity contribution < 1.29 is 35.5 Å². The van der Waals surface area contributed by atoms with Crippen molar-refractivity contribution in [2.45, 2.75) is 5.51 Å². The molecule has 0 fully saturated rings. The zero-order valence-electron chi connectivity index (χ0n) is 20.3. The molecular weight excluding hydrogens is 545 g/mol. The van der Waals surface area contributed by atoms with Crippen LogP contribution in [0.25, 0.3) is 39.5 Å². The quantitative estimate of drug-likeness (QED) is 0.185. The van der Waals surface area contributed by atoms with Gasteiger partial charge in [-0.05, 0) is 29.8 Å². The number of fused-ring (bicyclic) bond motifs is 1. The Bertz CT molecular complexity index is 1960. The van der Waals surface area contributed by atoms with Gasteiger partial charge in [0.15, 0.2) is 0 Å². The Hall–Kier alpha value is -4.74. The van der Waals surface area contributed by atoms with E-state index in [4.69, 9.17) is 0 Å². The lowest BCUT2D eigenvalue weighted by Crippen LogP contribution is -2.44. The fourth-order valence-electron chi connectivity index (χ4n) is 4.77. The van der Waals surface area contributed by atoms with E-state index >= 15 is 0 Å². The smallest absolute Gasteiger partial charge is 0.315 e. The van der Waals surface area contributed by atoms with E-state index in [9.17, 15) is 31.2 Å². The van der Waals surface area contributed by atoms with Crippen LogP contribution in [0.4, 0.5) is 13.2 Å². The maximum absolute atomic E-state index is 13.0. The van der Waals surface area contributed by atoms with Crippen molar-refractivity contribution in [1.29, 1.82) is 0 Å². The van der Waals surface area contributed by atoms with Gasteiger partial charge in [0.05, 0.1) is 22.3 Å². The number of imide groups is 1. The van der Waals surface area contributed by atoms with Crippen molar-refractivity contribution in [3.05, 3.63) is 113 Å². The van der Waals surface area contributed by atoms with Crippen LogP contribution in [-0.2, 0) is 14.4 Å². The number of carbonyl (C=O) groups excluding carboxylic acids is 2. The van der Waals surface area contributed by atoms with E-state index in [0.717, 1.165) is 22.0 Å². The SMILES string of the molecule is O=C1c2cccc3c(-n4cc(/C=C\c5ccccc5)c5ccccc54)ccc(c23)C(=O)N1OS(=O)(=O)C(F)(F)F. The molecule has 0 saturated heterocycles. The van der Waals surface area contributed by atoms with Crippen molar-refractivity contribution in [2.75, 3.05) is 0 Å². The van der Waals surface area contributed by atoms with E-state index in [2.05, 4.69) is 4.28 Å². The number of hydrogen-bond donors (Lipinski definition) is 0. The molecule has 1 aliphatic rings. The highest BCUT2D eigenvalue weighted by molar-refractivity contribution is 7.87. The first-order valence-electron chi connectivity index (χ1n) is 11.9. The summed E-state index contributed by atoms with van der Waals surface area (Å²) >= 11 is 0. The van der Waals surface area contributed by atoms with E-state index in [0.29, 0.717) is 11.1 Å². The molecular formula is C29H17F3N2O5S. The Morgan fingerprint density at radius 1 is 0.725 bits per heavy atom. The molecule has 11 heteroatoms. The van der Waals surface area contributed by atoms with Gasteiger partial charge < -0.3 is 4.57 Å². The van der Waals surface area contributed by atoms with Crippen molar-refractivity contribution >= 4 is 55.8 Å². The second-order valence-corrected chi connectivity index (χ2v) is 10.5. The lowest BCUT2D eigenvalue weighted by Gasteiger charge is -2.26. The first kappa shape index (κ1) is 25.5. The molecule has 2 amide bonds. The lowest BCUT2D eigenvalue weighted by atomic mass is 9.94. The number of halogens is 3. The van der Waals surface area contributed by atoms with Crippen LogP contribution in [0.5, 0.6) is 0 Å². The number of carbonyl (C=O) groups is 2. The average Bonchev–Trinajstić information content (AvgIpc) is 3.31. The maximum atomic E-state index is 13.0. The van der Waals surface area contributed by atoms with Gasteiger partial charge in [-0.2, -0.15) is 21.6 Å². The second-order valence-electron chi connectivity index (χ2n) is 8.96. The Balaban J connectivity index is 1.49. The molecule has 0 unspecified atom stereocenters. The molecule has 0 bridgehead atoms. The molecule has 5 aromatic rings. The number of hydroxylamine groups is 2. The van der Waals surface area contributed by atoms with Crippen LogP contribution >= 0.6 is 0 Å². The van der Waals surface area contributed by atoms with E-state index in [1.165, 1.54) is 18.2 Å². The standard InChI is InChI=1S/C29H17F3N2O5S/c30-29(31,32)40(37,38)39-34-27(35)22-11-6-10-21-25(16-15-23(26(21)22)28(34)36)33-17-19(20-9-4-5-12-24(20)33)14-13-18-7-2-1-3-8-18/h1-17H/b14-13-. The predicted octanol–water partition coefficient (Wildman–Crippen LogP) is 6.33. The number of benzene rings is 4. The van der Waals surface area contributed by atoms with Crippen LogP contribution in [0.1, 0.15) is 31.8 Å². The Labute approximate surface area is 225 Å². The highest BCUT2D eigenvalue weighted by Gasteiger charge is 2.51. The number of amides is 2. The third-order valence-electron chi connectivity index (χ3n) is 6.56. The molecule has 0 atom stereocenters. The fourth-order valence-corrected chi connectivity index (χ4v) is 5.18. The number of hydrogen-bond acceptors (Lipinski definition) is 5. The van der Waals surface area contributed by atoms with E-state index in [1.54, 1.807) is 12.1 Å². The Morgan fingerprint density at radius 3 is 2.10 bits per heavy atom. The summed E-state index contributed by atoms with van der Waals surface area (Å²) in [6.45, 7) is 0. The maximum Gasteiger partial charge on any atom is 0.525 e. The molecule has 4 aromatic carbocycles. The van der Waals surface area contributed by atoms with Crippen molar-refractivity contribution in [1.82, 2.24) is 9.63 Å². The highest BCUT2D eigenvalue weighted by atomic mass is 32.2. The number of alkyl halides is 3. The predicted molar refractivity (Wildman–Crippen MR) is 143 cm³/mol. The van der Waals surface area contributed by atoms with Gasteiger partial charge in [-0.25, -0.2) is 0 Å². The molecule has 0 N–H and O–H groups in total. The zero-order valence-corrected chi connectivity index (χ0v) is 21.1. The molecule has 1 aliphatic heterocycles. The molecule has 0 saturated carbocycles. The van der Waals surface area contributed by atoms with Gasteiger partial charge in [0, 0.05) is 27.9 Å². The topological polar surface area (TPSA) is 85.7 Å². The Kier molecular flexibility index (Phi) is 5.86. The summed E-state index contributed by atoms with van der Waals surface area (Å²) in [5, 5.41) is 1.23. The number of rotatable bonds is 5. The third-order valence-corrected chi connectivity index (χ3v) is 7.47. The van der Waals surface area contributed by atoms with Crippen LogP contribution in [0.2, 0.25) is 0 Å². The largest absolute Gasteiger partial charge is 0.525 e. The molecule has 1 aromatic heterocycles. The van der Waals surface area contributed by atoms with Gasteiger partial charge >= 0.3 is 15.6 Å². The van der Waals surface area contributed by atoms with E-state index in [1.807, 2.05) is 77.5 Å². The van der Waals surface area contributed by atoms with Crippen molar-refractivity contribution in [2.24, 2.45) is 0 Å². The number of para-hydroxylation sites is 1. The molecule has 0 aliphatic carbocycles. The fraction of sp³-hybridized carbons (Fsp3) is 0.0345. The molecule has 6 rings (SSSR count). The zero-order chi connectivity index (χ0) is 28.2. The summed E-state index contributed by atoms with van der Waals surface area (Å²) in [5.41, 5.74) is -2.81. The lowest BCUT2D eigenvalue weighted by molar-refractivity contribution is -0.0761. The van der Waals surface area contributed by atoms with Crippen LogP contribution < -0.4 is 0 Å². The number of nitrogens with zero attached hydrogens (tertiary/aromatic N) is 2. The average molecular weight is 563 g/mol. The minimum Gasteiger partial charge on any atom is -0.315 e. The highest BCUT2D eigenvalue weighted by Crippen LogP contribution is 2.37. The summed E-state index contributed by atoms with van der Waals surface area (Å²) in [7, 11) is -6.26. The van der Waals surface area contributed by atoms with Crippen LogP contribution in [0, 0.1) is 0 Å². The molecule has 0 spiro atoms. The van der Waals surface area contributed by atoms with Crippen LogP contribution in [-0.4, -0.2) is 35.4 Å². The van der Waals surface area contributed by atoms with Gasteiger partial charge in [0.2, 0.25) is 0 Å². The van der Waals surface area contributed by atoms with Gasteiger partial charge in [0.25, 0.3) is 11.8 Å². The van der Waals surface area contributed by atoms with E-state index < -0.39 is 27.4 Å². The molecule has 200 valence electrons. The summed E-state index contributed by atoms with van der Waals surface area (Å²) in [6.07, 6.45) is 5.86. The monoisotopic (exact) mass is 562 g/mol. The van der Waals surface area contributed by atoms with Gasteiger partial charge in [0.1, 0.15) is 0 Å². The molecule has 0 radical (unpaired) electrons.